The molecule has 4 rings (SSSR count). The van der Waals surface area contributed by atoms with Gasteiger partial charge in [-0.05, 0) is 53.1 Å². The van der Waals surface area contributed by atoms with Crippen molar-refractivity contribution in [1.82, 2.24) is 24.2 Å². The lowest BCUT2D eigenvalue weighted by Crippen LogP contribution is -2.24. The van der Waals surface area contributed by atoms with Gasteiger partial charge < -0.3 is 10.3 Å². The Bertz CT molecular complexity index is 1260. The van der Waals surface area contributed by atoms with Gasteiger partial charge in [0.1, 0.15) is 6.33 Å². The molecule has 1 aliphatic rings. The molecule has 0 amide bonds. The number of anilines is 1. The van der Waals surface area contributed by atoms with Crippen LogP contribution in [0.1, 0.15) is 28.8 Å². The fourth-order valence-electron chi connectivity index (χ4n) is 3.33. The summed E-state index contributed by atoms with van der Waals surface area (Å²) in [6.45, 7) is 0.798. The van der Waals surface area contributed by atoms with Crippen LogP contribution >= 0.6 is 34.4 Å². The van der Waals surface area contributed by atoms with Crippen LogP contribution in [-0.2, 0) is 23.0 Å². The van der Waals surface area contributed by atoms with Crippen molar-refractivity contribution in [2.24, 2.45) is 0 Å². The fourth-order valence-corrected chi connectivity index (χ4v) is 5.66. The average molecular weight is 558 g/mol. The van der Waals surface area contributed by atoms with E-state index >= 15 is 0 Å². The number of rotatable bonds is 7. The van der Waals surface area contributed by atoms with E-state index in [0.717, 1.165) is 32.3 Å². The van der Waals surface area contributed by atoms with E-state index in [1.165, 1.54) is 18.1 Å². The number of carbonyl (C=O) groups is 1. The summed E-state index contributed by atoms with van der Waals surface area (Å²) in [5.74, 6) is 0.451. The Morgan fingerprint density at radius 2 is 2.10 bits per heavy atom. The van der Waals surface area contributed by atoms with Crippen molar-refractivity contribution in [1.29, 1.82) is 0 Å². The van der Waals surface area contributed by atoms with Crippen molar-refractivity contribution in [3.05, 3.63) is 33.2 Å². The van der Waals surface area contributed by atoms with Crippen LogP contribution in [0.4, 0.5) is 5.82 Å². The lowest BCUT2D eigenvalue weighted by molar-refractivity contribution is 0.0994. The Hall–Kier alpha value is -1.77. The predicted octanol–water partition coefficient (Wildman–Crippen LogP) is 2.23. The van der Waals surface area contributed by atoms with Gasteiger partial charge in [0.05, 0.1) is 6.26 Å². The maximum Gasteiger partial charge on any atom is 0.208 e. The Kier molecular flexibility index (Phi) is 6.01. The van der Waals surface area contributed by atoms with Crippen LogP contribution < -0.4 is 10.5 Å². The van der Waals surface area contributed by atoms with Crippen LogP contribution in [0, 0.1) is 3.57 Å². The molecule has 30 heavy (non-hydrogen) atoms. The van der Waals surface area contributed by atoms with Gasteiger partial charge in [-0.15, -0.1) is 0 Å². The molecule has 3 aromatic rings. The molecule has 3 N–H and O–H groups in total. The highest BCUT2D eigenvalue weighted by Gasteiger charge is 2.23. The third-order valence-corrected chi connectivity index (χ3v) is 7.77. The van der Waals surface area contributed by atoms with Gasteiger partial charge in [0, 0.05) is 33.5 Å². The summed E-state index contributed by atoms with van der Waals surface area (Å²) in [5.41, 5.74) is 8.95. The van der Waals surface area contributed by atoms with Crippen LogP contribution in [-0.4, -0.2) is 46.5 Å². The van der Waals surface area contributed by atoms with Crippen LogP contribution in [0.25, 0.3) is 11.2 Å². The van der Waals surface area contributed by atoms with Crippen LogP contribution in [0.15, 0.2) is 28.5 Å². The molecule has 158 valence electrons. The van der Waals surface area contributed by atoms with Crippen LogP contribution in [0.2, 0.25) is 0 Å². The highest BCUT2D eigenvalue weighted by molar-refractivity contribution is 14.1. The maximum atomic E-state index is 12.2. The van der Waals surface area contributed by atoms with Crippen molar-refractivity contribution in [2.45, 2.75) is 35.9 Å². The zero-order valence-electron chi connectivity index (χ0n) is 16.1. The number of sulfonamides is 1. The number of nitrogens with zero attached hydrogens (tertiary/aromatic N) is 4. The third-order valence-electron chi connectivity index (χ3n) is 4.73. The highest BCUT2D eigenvalue weighted by atomic mass is 127. The second-order valence-electron chi connectivity index (χ2n) is 6.96. The smallest absolute Gasteiger partial charge is 0.208 e. The van der Waals surface area contributed by atoms with Crippen molar-refractivity contribution in [3.63, 3.8) is 0 Å². The Labute approximate surface area is 191 Å². The van der Waals surface area contributed by atoms with Crippen LogP contribution in [0.3, 0.4) is 0 Å². The molecule has 0 radical (unpaired) electrons. The number of Topliss-reactive ketones (excluding diaryl/α,β-unsaturated/α-hetero) is 1. The maximum absolute atomic E-state index is 12.2. The Morgan fingerprint density at radius 1 is 1.30 bits per heavy atom. The molecule has 2 aromatic heterocycles. The summed E-state index contributed by atoms with van der Waals surface area (Å²) in [6.07, 6.45) is 4.41. The number of halogens is 1. The Morgan fingerprint density at radius 3 is 2.87 bits per heavy atom. The summed E-state index contributed by atoms with van der Waals surface area (Å²) < 4.78 is 28.1. The topological polar surface area (TPSA) is 133 Å². The fraction of sp³-hybridized carbons (Fsp3) is 0.333. The van der Waals surface area contributed by atoms with Gasteiger partial charge in [-0.1, -0.05) is 11.8 Å². The number of ketones is 1. The quantitative estimate of drug-likeness (QED) is 0.333. The van der Waals surface area contributed by atoms with E-state index in [4.69, 9.17) is 5.73 Å². The number of nitrogen functional groups attached to an aromatic ring is 1. The number of hydrogen-bond donors (Lipinski definition) is 2. The third kappa shape index (κ3) is 4.45. The first kappa shape index (κ1) is 21.5. The highest BCUT2D eigenvalue weighted by Crippen LogP contribution is 2.37. The SMILES string of the molecule is CS(=O)(=O)NCCCn1c(Sc2cc3c(cc2I)CCC3=O)nc2c(N)ncnc21. The number of aromatic nitrogens is 4. The molecule has 2 heterocycles. The molecule has 1 aliphatic carbocycles. The number of fused-ring (bicyclic) bond motifs is 2. The number of imidazole rings is 1. The minimum absolute atomic E-state index is 0.165. The number of carbonyl (C=O) groups excluding carboxylic acids is 1. The van der Waals surface area contributed by atoms with Crippen molar-refractivity contribution in [2.75, 3.05) is 18.5 Å². The second kappa shape index (κ2) is 8.40. The molecule has 0 atom stereocenters. The van der Waals surface area contributed by atoms with Gasteiger partial charge in [-0.3, -0.25) is 4.79 Å². The normalized spacial score (nSPS) is 13.9. The molecule has 1 aromatic carbocycles. The molecule has 0 fully saturated rings. The predicted molar refractivity (Wildman–Crippen MR) is 123 cm³/mol. The summed E-state index contributed by atoms with van der Waals surface area (Å²) >= 11 is 3.71. The van der Waals surface area contributed by atoms with E-state index in [-0.39, 0.29) is 11.6 Å². The molecule has 0 spiro atoms. The molecule has 12 heteroatoms. The number of hydrogen-bond acceptors (Lipinski definition) is 8. The largest absolute Gasteiger partial charge is 0.382 e. The lowest BCUT2D eigenvalue weighted by atomic mass is 10.1. The van der Waals surface area contributed by atoms with E-state index in [2.05, 4.69) is 48.3 Å². The minimum Gasteiger partial charge on any atom is -0.382 e. The number of aryl methyl sites for hydroxylation is 2. The summed E-state index contributed by atoms with van der Waals surface area (Å²) in [6, 6.07) is 3.99. The lowest BCUT2D eigenvalue weighted by Gasteiger charge is -2.10. The monoisotopic (exact) mass is 558 g/mol. The van der Waals surface area contributed by atoms with Gasteiger partial charge >= 0.3 is 0 Å². The second-order valence-corrected chi connectivity index (χ2v) is 11.0. The average Bonchev–Trinajstić information content (AvgIpc) is 3.20. The van der Waals surface area contributed by atoms with Gasteiger partial charge in [0.25, 0.3) is 0 Å². The molecule has 0 saturated heterocycles. The molecular formula is C18H19IN6O3S2. The summed E-state index contributed by atoms with van der Waals surface area (Å²) in [4.78, 5) is 26.1. The van der Waals surface area contributed by atoms with E-state index in [9.17, 15) is 13.2 Å². The van der Waals surface area contributed by atoms with Crippen molar-refractivity contribution in [3.8, 4) is 0 Å². The minimum atomic E-state index is -3.25. The van der Waals surface area contributed by atoms with E-state index in [1.807, 2.05) is 10.6 Å². The first-order valence-electron chi connectivity index (χ1n) is 9.18. The van der Waals surface area contributed by atoms with Crippen LogP contribution in [0.5, 0.6) is 0 Å². The number of nitrogens with one attached hydrogen (secondary N) is 1. The number of nitrogens with two attached hydrogens (primary N) is 1. The molecular weight excluding hydrogens is 539 g/mol. The first-order chi connectivity index (χ1) is 14.2. The van der Waals surface area contributed by atoms with E-state index < -0.39 is 10.0 Å². The number of benzene rings is 1. The Balaban J connectivity index is 1.67. The van der Waals surface area contributed by atoms with Gasteiger partial charge in [-0.25, -0.2) is 28.1 Å². The standard InChI is InChI=1S/C18H19IN6O3S2/c1-30(27,28)23-5-2-6-25-17-15(16(20)21-9-22-17)24-18(25)29-14-8-11-10(7-12(14)19)3-4-13(11)26/h7-9,23H,2-6H2,1H3,(H2,20,21,22). The van der Waals surface area contributed by atoms with Gasteiger partial charge in [-0.2, -0.15) is 0 Å². The van der Waals surface area contributed by atoms with E-state index in [0.29, 0.717) is 42.3 Å². The zero-order chi connectivity index (χ0) is 21.5. The van der Waals surface area contributed by atoms with E-state index in [1.54, 1.807) is 0 Å². The molecule has 0 aliphatic heterocycles. The van der Waals surface area contributed by atoms with Gasteiger partial charge in [0.2, 0.25) is 10.0 Å². The first-order valence-corrected chi connectivity index (χ1v) is 13.0. The van der Waals surface area contributed by atoms with Crippen molar-refractivity contribution >= 4 is 67.1 Å². The molecule has 9 nitrogen and oxygen atoms in total. The summed E-state index contributed by atoms with van der Waals surface area (Å²) in [5, 5.41) is 0.667. The van der Waals surface area contributed by atoms with Crippen molar-refractivity contribution < 1.29 is 13.2 Å². The van der Waals surface area contributed by atoms with Gasteiger partial charge in [0.15, 0.2) is 27.9 Å². The molecule has 0 unspecified atom stereocenters. The summed E-state index contributed by atoms with van der Waals surface area (Å²) in [7, 11) is -3.25. The molecule has 0 bridgehead atoms. The molecule has 0 saturated carbocycles. The zero-order valence-corrected chi connectivity index (χ0v) is 19.8.